The van der Waals surface area contributed by atoms with E-state index in [9.17, 15) is 4.79 Å². The molecule has 0 unspecified atom stereocenters. The zero-order valence-electron chi connectivity index (χ0n) is 19.9. The standard InChI is InChI=1S/C22H38N6O3.HI/c1-5-23-20(27-13-11-26(12-14-27)17-19-8-15-30-25-19)24-16-18-6-9-28(10-7-18)21(29)31-22(2,3)4;/h8,15,18H,5-7,9-14,16-17H2,1-4H3,(H,23,24);1H. The van der Waals surface area contributed by atoms with Crippen molar-refractivity contribution in [1.29, 1.82) is 0 Å². The van der Waals surface area contributed by atoms with E-state index in [1.54, 1.807) is 6.26 Å². The lowest BCUT2D eigenvalue weighted by molar-refractivity contribution is 0.0187. The minimum Gasteiger partial charge on any atom is -0.444 e. The lowest BCUT2D eigenvalue weighted by atomic mass is 9.97. The van der Waals surface area contributed by atoms with Crippen LogP contribution in [0.2, 0.25) is 0 Å². The van der Waals surface area contributed by atoms with Gasteiger partial charge in [0.1, 0.15) is 11.9 Å². The number of guanidine groups is 1. The normalized spacial score (nSPS) is 18.9. The summed E-state index contributed by atoms with van der Waals surface area (Å²) < 4.78 is 10.4. The van der Waals surface area contributed by atoms with E-state index in [0.29, 0.717) is 5.92 Å². The number of hydrogen-bond acceptors (Lipinski definition) is 6. The third kappa shape index (κ3) is 8.42. The van der Waals surface area contributed by atoms with E-state index in [1.165, 1.54) is 0 Å². The van der Waals surface area contributed by atoms with Gasteiger partial charge in [0.25, 0.3) is 0 Å². The van der Waals surface area contributed by atoms with Gasteiger partial charge >= 0.3 is 6.09 Å². The van der Waals surface area contributed by atoms with Crippen LogP contribution in [0.25, 0.3) is 0 Å². The SMILES string of the molecule is CCNC(=NCC1CCN(C(=O)OC(C)(C)C)CC1)N1CCN(Cc2ccon2)CC1.I. The molecule has 0 aromatic carbocycles. The first-order valence-electron chi connectivity index (χ1n) is 11.5. The molecule has 182 valence electrons. The summed E-state index contributed by atoms with van der Waals surface area (Å²) in [6.45, 7) is 15.6. The molecule has 0 atom stereocenters. The topological polar surface area (TPSA) is 86.4 Å². The van der Waals surface area contributed by atoms with E-state index in [2.05, 4.69) is 27.2 Å². The molecule has 0 spiro atoms. The van der Waals surface area contributed by atoms with Gasteiger partial charge in [0.05, 0.1) is 5.69 Å². The second-order valence-electron chi connectivity index (χ2n) is 9.36. The second kappa shape index (κ2) is 12.6. The molecule has 0 aliphatic carbocycles. The van der Waals surface area contributed by atoms with Gasteiger partial charge in [-0.15, -0.1) is 24.0 Å². The van der Waals surface area contributed by atoms with Crippen molar-refractivity contribution in [2.75, 3.05) is 52.4 Å². The average Bonchev–Trinajstić information content (AvgIpc) is 3.24. The van der Waals surface area contributed by atoms with Crippen molar-refractivity contribution in [3.8, 4) is 0 Å². The molecule has 2 aliphatic heterocycles. The molecule has 3 rings (SSSR count). The molecule has 32 heavy (non-hydrogen) atoms. The highest BCUT2D eigenvalue weighted by molar-refractivity contribution is 14.0. The summed E-state index contributed by atoms with van der Waals surface area (Å²) in [4.78, 5) is 23.8. The summed E-state index contributed by atoms with van der Waals surface area (Å²) in [5, 5.41) is 7.46. The maximum Gasteiger partial charge on any atom is 0.410 e. The van der Waals surface area contributed by atoms with Crippen LogP contribution in [0.5, 0.6) is 0 Å². The molecule has 0 bridgehead atoms. The second-order valence-corrected chi connectivity index (χ2v) is 9.36. The molecule has 1 amide bonds. The number of piperazine rings is 1. The number of likely N-dealkylation sites (tertiary alicyclic amines) is 1. The summed E-state index contributed by atoms with van der Waals surface area (Å²) >= 11 is 0. The van der Waals surface area contributed by atoms with Crippen LogP contribution >= 0.6 is 24.0 Å². The number of carbonyl (C=O) groups is 1. The summed E-state index contributed by atoms with van der Waals surface area (Å²) in [5.41, 5.74) is 0.532. The summed E-state index contributed by atoms with van der Waals surface area (Å²) in [6.07, 6.45) is 3.35. The van der Waals surface area contributed by atoms with Crippen molar-refractivity contribution < 1.29 is 14.1 Å². The number of hydrogen-bond donors (Lipinski definition) is 1. The smallest absolute Gasteiger partial charge is 0.410 e. The monoisotopic (exact) mass is 562 g/mol. The van der Waals surface area contributed by atoms with E-state index in [-0.39, 0.29) is 30.1 Å². The Balaban J connectivity index is 0.00000363. The first-order chi connectivity index (χ1) is 14.8. The van der Waals surface area contributed by atoms with Crippen molar-refractivity contribution >= 4 is 36.0 Å². The predicted octanol–water partition coefficient (Wildman–Crippen LogP) is 3.02. The Labute approximate surface area is 208 Å². The van der Waals surface area contributed by atoms with Gasteiger partial charge in [0.15, 0.2) is 5.96 Å². The van der Waals surface area contributed by atoms with Crippen molar-refractivity contribution in [3.63, 3.8) is 0 Å². The lowest BCUT2D eigenvalue weighted by Gasteiger charge is -2.36. The van der Waals surface area contributed by atoms with Crippen LogP contribution in [-0.4, -0.2) is 89.9 Å². The largest absolute Gasteiger partial charge is 0.444 e. The lowest BCUT2D eigenvalue weighted by Crippen LogP contribution is -2.52. The third-order valence-corrected chi connectivity index (χ3v) is 5.65. The van der Waals surface area contributed by atoms with E-state index in [0.717, 1.165) is 83.4 Å². The predicted molar refractivity (Wildman–Crippen MR) is 135 cm³/mol. The molecule has 2 aliphatic rings. The number of ether oxygens (including phenoxy) is 1. The fourth-order valence-corrected chi connectivity index (χ4v) is 3.93. The number of halogens is 1. The van der Waals surface area contributed by atoms with Gasteiger partial charge in [0.2, 0.25) is 0 Å². The molecular weight excluding hydrogens is 523 g/mol. The quantitative estimate of drug-likeness (QED) is 0.336. The Bertz CT molecular complexity index is 706. The van der Waals surface area contributed by atoms with E-state index < -0.39 is 5.60 Å². The Morgan fingerprint density at radius 1 is 1.19 bits per heavy atom. The first-order valence-corrected chi connectivity index (χ1v) is 11.5. The van der Waals surface area contributed by atoms with Gasteiger partial charge < -0.3 is 24.4 Å². The zero-order chi connectivity index (χ0) is 22.3. The fraction of sp³-hybridized carbons (Fsp3) is 0.773. The van der Waals surface area contributed by atoms with Gasteiger partial charge in [-0.25, -0.2) is 4.79 Å². The Morgan fingerprint density at radius 3 is 2.44 bits per heavy atom. The molecule has 9 nitrogen and oxygen atoms in total. The van der Waals surface area contributed by atoms with Crippen LogP contribution in [0.15, 0.2) is 21.8 Å². The Morgan fingerprint density at radius 2 is 1.88 bits per heavy atom. The number of piperidine rings is 1. The van der Waals surface area contributed by atoms with Crippen LogP contribution in [-0.2, 0) is 11.3 Å². The molecule has 10 heteroatoms. The van der Waals surface area contributed by atoms with E-state index in [4.69, 9.17) is 14.3 Å². The molecule has 0 radical (unpaired) electrons. The van der Waals surface area contributed by atoms with Gasteiger partial charge in [-0.2, -0.15) is 0 Å². The van der Waals surface area contributed by atoms with E-state index >= 15 is 0 Å². The van der Waals surface area contributed by atoms with Crippen molar-refractivity contribution in [2.24, 2.45) is 10.9 Å². The van der Waals surface area contributed by atoms with Gasteiger partial charge in [0, 0.05) is 65.0 Å². The van der Waals surface area contributed by atoms with Gasteiger partial charge in [-0.3, -0.25) is 9.89 Å². The number of amides is 1. The molecule has 1 aromatic heterocycles. The Hall–Kier alpha value is -1.56. The highest BCUT2D eigenvalue weighted by atomic mass is 127. The maximum atomic E-state index is 12.3. The number of aromatic nitrogens is 1. The number of rotatable bonds is 5. The highest BCUT2D eigenvalue weighted by Crippen LogP contribution is 2.20. The minimum absolute atomic E-state index is 0. The number of nitrogens with one attached hydrogen (secondary N) is 1. The highest BCUT2D eigenvalue weighted by Gasteiger charge is 2.27. The van der Waals surface area contributed by atoms with Crippen molar-refractivity contribution in [2.45, 2.75) is 52.7 Å². The summed E-state index contributed by atoms with van der Waals surface area (Å²) in [6, 6.07) is 1.92. The molecule has 3 heterocycles. The number of aliphatic imine (C=N–C) groups is 1. The van der Waals surface area contributed by atoms with E-state index in [1.807, 2.05) is 31.7 Å². The van der Waals surface area contributed by atoms with Crippen LogP contribution < -0.4 is 5.32 Å². The molecule has 0 saturated carbocycles. The van der Waals surface area contributed by atoms with Crippen molar-refractivity contribution in [1.82, 2.24) is 25.2 Å². The number of carbonyl (C=O) groups excluding carboxylic acids is 1. The molecule has 1 N–H and O–H groups in total. The maximum absolute atomic E-state index is 12.3. The first kappa shape index (κ1) is 26.7. The minimum atomic E-state index is -0.446. The van der Waals surface area contributed by atoms with Crippen LogP contribution in [0, 0.1) is 5.92 Å². The molecule has 1 aromatic rings. The fourth-order valence-electron chi connectivity index (χ4n) is 3.93. The third-order valence-electron chi connectivity index (χ3n) is 5.65. The number of nitrogens with zero attached hydrogens (tertiary/aromatic N) is 5. The van der Waals surface area contributed by atoms with Crippen LogP contribution in [0.3, 0.4) is 0 Å². The zero-order valence-corrected chi connectivity index (χ0v) is 22.2. The summed E-state index contributed by atoms with van der Waals surface area (Å²) in [7, 11) is 0. The van der Waals surface area contributed by atoms with Gasteiger partial charge in [-0.1, -0.05) is 5.16 Å². The van der Waals surface area contributed by atoms with Crippen LogP contribution in [0.4, 0.5) is 4.79 Å². The molecule has 2 saturated heterocycles. The molecule has 2 fully saturated rings. The Kier molecular flexibility index (Phi) is 10.5. The van der Waals surface area contributed by atoms with Crippen molar-refractivity contribution in [3.05, 3.63) is 18.0 Å². The van der Waals surface area contributed by atoms with Crippen LogP contribution in [0.1, 0.15) is 46.2 Å². The average molecular weight is 562 g/mol. The molecular formula is C22H39IN6O3. The van der Waals surface area contributed by atoms with Gasteiger partial charge in [-0.05, 0) is 46.5 Å². The summed E-state index contributed by atoms with van der Waals surface area (Å²) in [5.74, 6) is 1.50.